The molecule has 0 amide bonds. The van der Waals surface area contributed by atoms with Gasteiger partial charge in [0.25, 0.3) is 0 Å². The van der Waals surface area contributed by atoms with E-state index >= 15 is 0 Å². The minimum Gasteiger partial charge on any atom is -0.369 e. The van der Waals surface area contributed by atoms with Gasteiger partial charge < -0.3 is 4.90 Å². The van der Waals surface area contributed by atoms with Gasteiger partial charge in [0.05, 0.1) is 10.6 Å². The van der Waals surface area contributed by atoms with Crippen molar-refractivity contribution in [3.8, 4) is 0 Å². The first-order valence-electron chi connectivity index (χ1n) is 5.06. The van der Waals surface area contributed by atoms with Crippen LogP contribution in [0.25, 0.3) is 0 Å². The van der Waals surface area contributed by atoms with Crippen molar-refractivity contribution < 1.29 is 9.00 Å². The molecule has 0 unspecified atom stereocenters. The third-order valence-corrected chi connectivity index (χ3v) is 4.27. The van der Waals surface area contributed by atoms with Crippen LogP contribution < -0.4 is 4.90 Å². The molecular weight excluding hydrogens is 246 g/mol. The largest absolute Gasteiger partial charge is 0.369 e. The molecule has 1 aromatic carbocycles. The van der Waals surface area contributed by atoms with Crippen molar-refractivity contribution in [1.29, 1.82) is 0 Å². The number of hydrogen-bond donors (Lipinski definition) is 0. The summed E-state index contributed by atoms with van der Waals surface area (Å²) < 4.78 is 11.3. The third kappa shape index (κ3) is 2.28. The van der Waals surface area contributed by atoms with Gasteiger partial charge in [0, 0.05) is 41.1 Å². The number of benzene rings is 1. The summed E-state index contributed by atoms with van der Waals surface area (Å²) in [5.74, 6) is 1.32. The Hall–Kier alpha value is -0.870. The molecule has 1 fully saturated rings. The normalized spacial score (nSPS) is 17.4. The van der Waals surface area contributed by atoms with Gasteiger partial charge in [-0.15, -0.1) is 0 Å². The molecule has 0 aliphatic carbocycles. The zero-order chi connectivity index (χ0) is 11.5. The monoisotopic (exact) mass is 257 g/mol. The first-order valence-corrected chi connectivity index (χ1v) is 6.92. The Morgan fingerprint density at radius 1 is 1.31 bits per heavy atom. The van der Waals surface area contributed by atoms with Gasteiger partial charge in [0.1, 0.15) is 0 Å². The van der Waals surface area contributed by atoms with Gasteiger partial charge >= 0.3 is 0 Å². The molecule has 86 valence electrons. The van der Waals surface area contributed by atoms with E-state index in [1.54, 1.807) is 6.07 Å². The maximum Gasteiger partial charge on any atom is 0.153 e. The minimum absolute atomic E-state index is 0.471. The SMILES string of the molecule is O=Cc1c(Cl)cccc1N1CCS(=O)CC1. The molecule has 0 spiro atoms. The fraction of sp³-hybridized carbons (Fsp3) is 0.364. The third-order valence-electron chi connectivity index (χ3n) is 2.67. The second kappa shape index (κ2) is 4.97. The molecule has 3 nitrogen and oxygen atoms in total. The molecule has 5 heteroatoms. The molecule has 1 saturated heterocycles. The lowest BCUT2D eigenvalue weighted by Gasteiger charge is -2.29. The maximum absolute atomic E-state index is 11.3. The van der Waals surface area contributed by atoms with E-state index in [0.29, 0.717) is 35.2 Å². The second-order valence-electron chi connectivity index (χ2n) is 3.63. The van der Waals surface area contributed by atoms with Crippen molar-refractivity contribution in [3.63, 3.8) is 0 Å². The van der Waals surface area contributed by atoms with Crippen LogP contribution in [0.1, 0.15) is 10.4 Å². The van der Waals surface area contributed by atoms with Crippen molar-refractivity contribution in [3.05, 3.63) is 28.8 Å². The summed E-state index contributed by atoms with van der Waals surface area (Å²) in [6.45, 7) is 1.43. The van der Waals surface area contributed by atoms with E-state index in [1.807, 2.05) is 12.1 Å². The van der Waals surface area contributed by atoms with Crippen LogP contribution in [-0.2, 0) is 10.8 Å². The Morgan fingerprint density at radius 3 is 2.62 bits per heavy atom. The number of carbonyl (C=O) groups excluding carboxylic acids is 1. The molecule has 0 radical (unpaired) electrons. The fourth-order valence-corrected chi connectivity index (χ4v) is 3.06. The molecule has 0 bridgehead atoms. The number of nitrogens with zero attached hydrogens (tertiary/aromatic N) is 1. The van der Waals surface area contributed by atoms with E-state index in [4.69, 9.17) is 11.6 Å². The van der Waals surface area contributed by atoms with E-state index in [9.17, 15) is 9.00 Å². The molecule has 16 heavy (non-hydrogen) atoms. The highest BCUT2D eigenvalue weighted by molar-refractivity contribution is 7.85. The van der Waals surface area contributed by atoms with E-state index in [0.717, 1.165) is 12.0 Å². The lowest BCUT2D eigenvalue weighted by atomic mass is 10.1. The average Bonchev–Trinajstić information content (AvgIpc) is 2.30. The van der Waals surface area contributed by atoms with Crippen molar-refractivity contribution in [2.75, 3.05) is 29.5 Å². The lowest BCUT2D eigenvalue weighted by Crippen LogP contribution is -2.38. The summed E-state index contributed by atoms with van der Waals surface area (Å²) >= 11 is 5.96. The average molecular weight is 258 g/mol. The van der Waals surface area contributed by atoms with Crippen molar-refractivity contribution in [1.82, 2.24) is 0 Å². The molecule has 1 aliphatic heterocycles. The van der Waals surface area contributed by atoms with Gasteiger partial charge in [-0.2, -0.15) is 0 Å². The zero-order valence-electron chi connectivity index (χ0n) is 8.69. The molecule has 1 aromatic rings. The van der Waals surface area contributed by atoms with Crippen LogP contribution in [-0.4, -0.2) is 35.1 Å². The van der Waals surface area contributed by atoms with Crippen LogP contribution >= 0.6 is 11.6 Å². The van der Waals surface area contributed by atoms with Crippen LogP contribution in [0.3, 0.4) is 0 Å². The summed E-state index contributed by atoms with van der Waals surface area (Å²) in [5, 5.41) is 0.471. The maximum atomic E-state index is 11.3. The minimum atomic E-state index is -0.712. The topological polar surface area (TPSA) is 37.4 Å². The number of carbonyl (C=O) groups is 1. The van der Waals surface area contributed by atoms with Gasteiger partial charge in [-0.3, -0.25) is 9.00 Å². The van der Waals surface area contributed by atoms with Crippen LogP contribution in [0.5, 0.6) is 0 Å². The zero-order valence-corrected chi connectivity index (χ0v) is 10.3. The number of rotatable bonds is 2. The lowest BCUT2D eigenvalue weighted by molar-refractivity contribution is 0.112. The van der Waals surface area contributed by atoms with Gasteiger partial charge in [-0.25, -0.2) is 0 Å². The van der Waals surface area contributed by atoms with E-state index in [1.165, 1.54) is 0 Å². The fourth-order valence-electron chi connectivity index (χ4n) is 1.80. The van der Waals surface area contributed by atoms with Gasteiger partial charge in [0.2, 0.25) is 0 Å². The second-order valence-corrected chi connectivity index (χ2v) is 5.73. The summed E-state index contributed by atoms with van der Waals surface area (Å²) in [6.07, 6.45) is 0.781. The Morgan fingerprint density at radius 2 is 2.00 bits per heavy atom. The highest BCUT2D eigenvalue weighted by Gasteiger charge is 2.18. The van der Waals surface area contributed by atoms with E-state index < -0.39 is 10.8 Å². The Labute approximate surface area is 102 Å². The van der Waals surface area contributed by atoms with Gasteiger partial charge in [0.15, 0.2) is 6.29 Å². The summed E-state index contributed by atoms with van der Waals surface area (Å²) in [4.78, 5) is 13.1. The van der Waals surface area contributed by atoms with Crippen molar-refractivity contribution in [2.24, 2.45) is 0 Å². The molecule has 0 saturated carbocycles. The van der Waals surface area contributed by atoms with Crippen molar-refractivity contribution in [2.45, 2.75) is 0 Å². The molecule has 1 heterocycles. The van der Waals surface area contributed by atoms with Crippen LogP contribution in [0.15, 0.2) is 18.2 Å². The standard InChI is InChI=1S/C11H12ClNO2S/c12-10-2-1-3-11(9(10)8-14)13-4-6-16(15)7-5-13/h1-3,8H,4-7H2. The first-order chi connectivity index (χ1) is 7.72. The van der Waals surface area contributed by atoms with E-state index in [2.05, 4.69) is 4.90 Å². The van der Waals surface area contributed by atoms with Gasteiger partial charge in [-0.1, -0.05) is 17.7 Å². The summed E-state index contributed by atoms with van der Waals surface area (Å²) in [7, 11) is -0.712. The Balaban J connectivity index is 2.29. The molecule has 0 N–H and O–H groups in total. The quantitative estimate of drug-likeness (QED) is 0.757. The smallest absolute Gasteiger partial charge is 0.153 e. The molecule has 0 aromatic heterocycles. The highest BCUT2D eigenvalue weighted by Crippen LogP contribution is 2.26. The number of aldehydes is 1. The molecular formula is C11H12ClNO2S. The Kier molecular flexibility index (Phi) is 3.61. The molecule has 2 rings (SSSR count). The predicted molar refractivity (Wildman–Crippen MR) is 66.9 cm³/mol. The van der Waals surface area contributed by atoms with Crippen LogP contribution in [0.2, 0.25) is 5.02 Å². The molecule has 1 aliphatic rings. The van der Waals surface area contributed by atoms with E-state index in [-0.39, 0.29) is 0 Å². The van der Waals surface area contributed by atoms with Crippen molar-refractivity contribution >= 4 is 34.4 Å². The van der Waals surface area contributed by atoms with Crippen LogP contribution in [0, 0.1) is 0 Å². The number of anilines is 1. The summed E-state index contributed by atoms with van der Waals surface area (Å²) in [6, 6.07) is 5.41. The van der Waals surface area contributed by atoms with Gasteiger partial charge in [-0.05, 0) is 12.1 Å². The number of halogens is 1. The Bertz CT molecular complexity index is 426. The number of hydrogen-bond acceptors (Lipinski definition) is 3. The van der Waals surface area contributed by atoms with Crippen LogP contribution in [0.4, 0.5) is 5.69 Å². The summed E-state index contributed by atoms with van der Waals surface area (Å²) in [5.41, 5.74) is 1.37. The predicted octanol–water partition coefficient (Wildman–Crippen LogP) is 1.72. The molecule has 0 atom stereocenters. The highest BCUT2D eigenvalue weighted by atomic mass is 35.5. The first kappa shape index (κ1) is 11.6.